The molecule has 1 aliphatic heterocycles. The smallest absolute Gasteiger partial charge is 0.198 e. The Balaban J connectivity index is 1.91. The Morgan fingerprint density at radius 1 is 0.926 bits per heavy atom. The van der Waals surface area contributed by atoms with Crippen molar-refractivity contribution < 1.29 is 28.6 Å². The van der Waals surface area contributed by atoms with E-state index in [-0.39, 0.29) is 51.8 Å². The molecule has 1 atom stereocenters. The summed E-state index contributed by atoms with van der Waals surface area (Å²) >= 11 is 0. The maximum absolute atomic E-state index is 13.2. The van der Waals surface area contributed by atoms with Crippen molar-refractivity contribution in [2.45, 2.75) is 12.5 Å². The van der Waals surface area contributed by atoms with Gasteiger partial charge in [0.05, 0.1) is 38.0 Å². The van der Waals surface area contributed by atoms with E-state index in [1.807, 2.05) is 0 Å². The first kappa shape index (κ1) is 17.0. The van der Waals surface area contributed by atoms with Crippen LogP contribution in [0.3, 0.4) is 0 Å². The fraction of sp³-hybridized carbons (Fsp3) is 0.190. The molecule has 0 radical (unpaired) electrons. The molecule has 1 aliphatic carbocycles. The molecule has 2 aliphatic rings. The number of methoxy groups -OCH3 is 2. The van der Waals surface area contributed by atoms with Crippen LogP contribution in [-0.2, 0) is 9.53 Å². The van der Waals surface area contributed by atoms with Crippen LogP contribution in [0.5, 0.6) is 11.5 Å². The van der Waals surface area contributed by atoms with Crippen molar-refractivity contribution in [1.82, 2.24) is 0 Å². The summed E-state index contributed by atoms with van der Waals surface area (Å²) in [6.45, 7) is 0. The van der Waals surface area contributed by atoms with Gasteiger partial charge in [-0.15, -0.1) is 0 Å². The van der Waals surface area contributed by atoms with E-state index < -0.39 is 6.10 Å². The molecule has 4 rings (SSSR count). The molecule has 2 aromatic carbocycles. The summed E-state index contributed by atoms with van der Waals surface area (Å²) in [6.07, 6.45) is 2.26. The highest BCUT2D eigenvalue weighted by atomic mass is 16.5. The number of benzene rings is 2. The fourth-order valence-electron chi connectivity index (χ4n) is 3.57. The lowest BCUT2D eigenvalue weighted by molar-refractivity contribution is -0.118. The van der Waals surface area contributed by atoms with Crippen LogP contribution >= 0.6 is 0 Å². The average Bonchev–Trinajstić information content (AvgIpc) is 2.70. The summed E-state index contributed by atoms with van der Waals surface area (Å²) in [5.41, 5.74) is 1.50. The van der Waals surface area contributed by atoms with Crippen LogP contribution in [0.15, 0.2) is 42.7 Å². The van der Waals surface area contributed by atoms with Gasteiger partial charge in [0.1, 0.15) is 17.6 Å². The van der Waals surface area contributed by atoms with Crippen LogP contribution < -0.4 is 9.47 Å². The SMILES string of the molecule is COc1cccc2c1C(=O)c1ccc(C3CC(=O)C=CO3)c(OC)c1C2=O. The zero-order valence-corrected chi connectivity index (χ0v) is 14.8. The first-order valence-electron chi connectivity index (χ1n) is 8.39. The summed E-state index contributed by atoms with van der Waals surface area (Å²) in [7, 11) is 2.88. The van der Waals surface area contributed by atoms with Crippen molar-refractivity contribution in [2.24, 2.45) is 0 Å². The number of hydrogen-bond donors (Lipinski definition) is 0. The second-order valence-corrected chi connectivity index (χ2v) is 6.25. The third-order valence-electron chi connectivity index (χ3n) is 4.81. The minimum absolute atomic E-state index is 0.0801. The minimum atomic E-state index is -0.572. The maximum Gasteiger partial charge on any atom is 0.198 e. The highest BCUT2D eigenvalue weighted by Crippen LogP contribution is 2.42. The van der Waals surface area contributed by atoms with E-state index in [0.717, 1.165) is 0 Å². The lowest BCUT2D eigenvalue weighted by Crippen LogP contribution is -2.24. The van der Waals surface area contributed by atoms with Crippen LogP contribution in [-0.4, -0.2) is 31.6 Å². The van der Waals surface area contributed by atoms with Gasteiger partial charge in [0.25, 0.3) is 0 Å². The maximum atomic E-state index is 13.2. The molecule has 0 N–H and O–H groups in total. The van der Waals surface area contributed by atoms with Crippen LogP contribution in [0, 0.1) is 0 Å². The van der Waals surface area contributed by atoms with Crippen LogP contribution in [0.4, 0.5) is 0 Å². The van der Waals surface area contributed by atoms with Crippen LogP contribution in [0.1, 0.15) is 49.9 Å². The predicted octanol–water partition coefficient (Wildman–Crippen LogP) is 3.02. The van der Waals surface area contributed by atoms with Crippen molar-refractivity contribution in [1.29, 1.82) is 0 Å². The van der Waals surface area contributed by atoms with Gasteiger partial charge < -0.3 is 14.2 Å². The summed E-state index contributed by atoms with van der Waals surface area (Å²) in [6, 6.07) is 8.15. The molecule has 1 heterocycles. The number of ether oxygens (including phenoxy) is 3. The van der Waals surface area contributed by atoms with Gasteiger partial charge in [0, 0.05) is 22.8 Å². The van der Waals surface area contributed by atoms with Gasteiger partial charge >= 0.3 is 0 Å². The Bertz CT molecular complexity index is 1020. The lowest BCUT2D eigenvalue weighted by Gasteiger charge is -2.26. The monoisotopic (exact) mass is 364 g/mol. The quantitative estimate of drug-likeness (QED) is 0.711. The van der Waals surface area contributed by atoms with Gasteiger partial charge in [-0.1, -0.05) is 18.2 Å². The Morgan fingerprint density at radius 2 is 1.67 bits per heavy atom. The second-order valence-electron chi connectivity index (χ2n) is 6.25. The van der Waals surface area contributed by atoms with E-state index in [2.05, 4.69) is 0 Å². The van der Waals surface area contributed by atoms with Crippen molar-refractivity contribution >= 4 is 17.3 Å². The largest absolute Gasteiger partial charge is 0.496 e. The van der Waals surface area contributed by atoms with Crippen molar-refractivity contribution in [3.8, 4) is 11.5 Å². The standard InChI is InChI=1S/C21H16O6/c1-25-15-5-3-4-13-17(15)19(23)14-7-6-12(16-10-11(22)8-9-27-16)21(26-2)18(14)20(13)24/h3-9,16H,10H2,1-2H3. The fourth-order valence-corrected chi connectivity index (χ4v) is 3.57. The highest BCUT2D eigenvalue weighted by Gasteiger charge is 2.37. The van der Waals surface area contributed by atoms with E-state index in [9.17, 15) is 14.4 Å². The zero-order valence-electron chi connectivity index (χ0n) is 14.8. The van der Waals surface area contributed by atoms with Crippen LogP contribution in [0.2, 0.25) is 0 Å². The third-order valence-corrected chi connectivity index (χ3v) is 4.81. The molecule has 0 fully saturated rings. The number of carbonyl (C=O) groups is 3. The summed E-state index contributed by atoms with van der Waals surface area (Å²) in [5, 5.41) is 0. The highest BCUT2D eigenvalue weighted by molar-refractivity contribution is 6.30. The Hall–Kier alpha value is -3.41. The van der Waals surface area contributed by atoms with E-state index in [1.165, 1.54) is 26.6 Å². The Labute approximate surface area is 155 Å². The normalized spacial score (nSPS) is 17.9. The molecule has 6 heteroatoms. The molecule has 27 heavy (non-hydrogen) atoms. The molecule has 0 saturated heterocycles. The molecule has 0 aromatic heterocycles. The Kier molecular flexibility index (Phi) is 4.03. The second kappa shape index (κ2) is 6.39. The molecule has 136 valence electrons. The average molecular weight is 364 g/mol. The number of hydrogen-bond acceptors (Lipinski definition) is 6. The molecule has 0 spiro atoms. The van der Waals surface area contributed by atoms with Crippen LogP contribution in [0.25, 0.3) is 0 Å². The number of fused-ring (bicyclic) bond motifs is 2. The summed E-state index contributed by atoms with van der Waals surface area (Å²) in [4.78, 5) is 38.0. The Morgan fingerprint density at radius 3 is 2.37 bits per heavy atom. The molecular formula is C21H16O6. The van der Waals surface area contributed by atoms with E-state index in [4.69, 9.17) is 14.2 Å². The first-order valence-corrected chi connectivity index (χ1v) is 8.39. The van der Waals surface area contributed by atoms with Crippen molar-refractivity contribution in [2.75, 3.05) is 14.2 Å². The molecular weight excluding hydrogens is 348 g/mol. The van der Waals surface area contributed by atoms with Crippen molar-refractivity contribution in [3.63, 3.8) is 0 Å². The predicted molar refractivity (Wildman–Crippen MR) is 95.4 cm³/mol. The number of allylic oxidation sites excluding steroid dienone is 1. The topological polar surface area (TPSA) is 78.9 Å². The first-order chi connectivity index (χ1) is 13.1. The van der Waals surface area contributed by atoms with Gasteiger partial charge in [-0.3, -0.25) is 14.4 Å². The zero-order chi connectivity index (χ0) is 19.1. The van der Waals surface area contributed by atoms with E-state index in [0.29, 0.717) is 11.3 Å². The van der Waals surface area contributed by atoms with Gasteiger partial charge in [-0.25, -0.2) is 0 Å². The molecule has 0 amide bonds. The van der Waals surface area contributed by atoms with Crippen molar-refractivity contribution in [3.05, 3.63) is 70.5 Å². The molecule has 2 aromatic rings. The summed E-state index contributed by atoms with van der Waals surface area (Å²) < 4.78 is 16.3. The molecule has 1 unspecified atom stereocenters. The summed E-state index contributed by atoms with van der Waals surface area (Å²) in [5.74, 6) is -0.0980. The lowest BCUT2D eigenvalue weighted by atomic mass is 9.81. The van der Waals surface area contributed by atoms with Gasteiger partial charge in [0.15, 0.2) is 17.3 Å². The van der Waals surface area contributed by atoms with E-state index in [1.54, 1.807) is 30.3 Å². The van der Waals surface area contributed by atoms with Gasteiger partial charge in [-0.2, -0.15) is 0 Å². The molecule has 0 saturated carbocycles. The number of carbonyl (C=O) groups excluding carboxylic acids is 3. The van der Waals surface area contributed by atoms with Gasteiger partial charge in [-0.05, 0) is 12.1 Å². The molecule has 0 bridgehead atoms. The number of ketones is 3. The minimum Gasteiger partial charge on any atom is -0.496 e. The van der Waals surface area contributed by atoms with E-state index >= 15 is 0 Å². The van der Waals surface area contributed by atoms with Gasteiger partial charge in [0.2, 0.25) is 0 Å². The molecule has 6 nitrogen and oxygen atoms in total. The number of rotatable bonds is 3. The third kappa shape index (κ3) is 2.52.